The molecule has 0 radical (unpaired) electrons. The highest BCUT2D eigenvalue weighted by Crippen LogP contribution is 2.42. The van der Waals surface area contributed by atoms with Crippen LogP contribution >= 0.6 is 63.7 Å². The van der Waals surface area contributed by atoms with Crippen LogP contribution in [-0.4, -0.2) is 16.1 Å². The quantitative estimate of drug-likeness (QED) is 0.315. The molecule has 0 unspecified atom stereocenters. The van der Waals surface area contributed by atoms with Crippen LogP contribution in [0.25, 0.3) is 11.1 Å². The lowest BCUT2D eigenvalue weighted by Gasteiger charge is -2.22. The maximum Gasteiger partial charge on any atom is 0.0776 e. The van der Waals surface area contributed by atoms with Crippen molar-refractivity contribution < 1.29 is 0 Å². The first-order valence-corrected chi connectivity index (χ1v) is 18.0. The smallest absolute Gasteiger partial charge is 0.0656 e. The molecule has 0 aliphatic heterocycles. The third-order valence-electron chi connectivity index (χ3n) is 4.07. The molecule has 2 aromatic rings. The lowest BCUT2D eigenvalue weighted by Crippen LogP contribution is -2.38. The zero-order chi connectivity index (χ0) is 18.4. The molecule has 0 amide bonds. The summed E-state index contributed by atoms with van der Waals surface area (Å²) in [5, 5.41) is 2.88. The highest BCUT2D eigenvalue weighted by molar-refractivity contribution is 9.11. The van der Waals surface area contributed by atoms with Gasteiger partial charge in [-0.2, -0.15) is 0 Å². The predicted molar refractivity (Wildman–Crippen MR) is 129 cm³/mol. The molecule has 2 rings (SSSR count). The summed E-state index contributed by atoms with van der Waals surface area (Å²) in [7, 11) is -2.72. The molecular formula is C18H22Br4Si2. The van der Waals surface area contributed by atoms with E-state index in [0.717, 1.165) is 17.9 Å². The number of hydrogen-bond acceptors (Lipinski definition) is 0. The zero-order valence-corrected chi connectivity index (χ0v) is 23.2. The number of halogens is 4. The van der Waals surface area contributed by atoms with Crippen molar-refractivity contribution in [1.82, 2.24) is 0 Å². The van der Waals surface area contributed by atoms with Gasteiger partial charge in [-0.3, -0.25) is 0 Å². The summed E-state index contributed by atoms with van der Waals surface area (Å²) in [6.45, 7) is 14.2. The van der Waals surface area contributed by atoms with Crippen LogP contribution in [-0.2, 0) is 0 Å². The van der Waals surface area contributed by atoms with Gasteiger partial charge in [0.05, 0.1) is 16.1 Å². The van der Waals surface area contributed by atoms with Gasteiger partial charge < -0.3 is 0 Å². The van der Waals surface area contributed by atoms with Crippen LogP contribution in [0.2, 0.25) is 39.3 Å². The summed E-state index contributed by atoms with van der Waals surface area (Å²) < 4.78 is 4.54. The molecule has 0 bridgehead atoms. The number of rotatable bonds is 3. The van der Waals surface area contributed by atoms with Crippen molar-refractivity contribution in [2.75, 3.05) is 0 Å². The Morgan fingerprint density at radius 3 is 0.875 bits per heavy atom. The topological polar surface area (TPSA) is 0 Å². The van der Waals surface area contributed by atoms with Crippen LogP contribution in [0.3, 0.4) is 0 Å². The minimum absolute atomic E-state index is 1.14. The minimum Gasteiger partial charge on any atom is -0.0656 e. The lowest BCUT2D eigenvalue weighted by atomic mass is 10.1. The molecule has 24 heavy (non-hydrogen) atoms. The van der Waals surface area contributed by atoms with Crippen molar-refractivity contribution in [3.63, 3.8) is 0 Å². The summed E-state index contributed by atoms with van der Waals surface area (Å²) in [5.74, 6) is 0. The zero-order valence-electron chi connectivity index (χ0n) is 14.8. The van der Waals surface area contributed by atoms with Crippen LogP contribution in [0, 0.1) is 0 Å². The fourth-order valence-corrected chi connectivity index (χ4v) is 8.81. The third-order valence-corrected chi connectivity index (χ3v) is 10.6. The Kier molecular flexibility index (Phi) is 6.53. The molecule has 0 fully saturated rings. The van der Waals surface area contributed by atoms with Gasteiger partial charge in [0.15, 0.2) is 0 Å². The Bertz CT molecular complexity index is 673. The molecule has 2 aromatic carbocycles. The van der Waals surface area contributed by atoms with Gasteiger partial charge in [-0.1, -0.05) is 113 Å². The Balaban J connectivity index is 2.70. The molecule has 6 heteroatoms. The highest BCUT2D eigenvalue weighted by atomic mass is 79.9. The van der Waals surface area contributed by atoms with E-state index in [2.05, 4.69) is 127 Å². The van der Waals surface area contributed by atoms with Gasteiger partial charge in [0, 0.05) is 29.0 Å². The van der Waals surface area contributed by atoms with Crippen molar-refractivity contribution in [2.45, 2.75) is 39.3 Å². The first kappa shape index (κ1) is 21.1. The Labute approximate surface area is 181 Å². The van der Waals surface area contributed by atoms with Gasteiger partial charge in [-0.25, -0.2) is 0 Å². The van der Waals surface area contributed by atoms with Gasteiger partial charge in [-0.05, 0) is 24.3 Å². The summed E-state index contributed by atoms with van der Waals surface area (Å²) in [6.07, 6.45) is 0. The second-order valence-corrected chi connectivity index (χ2v) is 21.7. The molecule has 0 saturated carbocycles. The maximum atomic E-state index is 3.81. The van der Waals surface area contributed by atoms with Gasteiger partial charge in [0.2, 0.25) is 0 Å². The van der Waals surface area contributed by atoms with Gasteiger partial charge in [0.1, 0.15) is 0 Å². The van der Waals surface area contributed by atoms with Crippen molar-refractivity contribution in [3.8, 4) is 11.1 Å². The maximum absolute atomic E-state index is 3.81. The fraction of sp³-hybridized carbons (Fsp3) is 0.333. The van der Waals surface area contributed by atoms with Crippen molar-refractivity contribution in [1.29, 1.82) is 0 Å². The third kappa shape index (κ3) is 4.55. The van der Waals surface area contributed by atoms with Crippen molar-refractivity contribution in [2.24, 2.45) is 0 Å². The van der Waals surface area contributed by atoms with Crippen LogP contribution in [0.4, 0.5) is 0 Å². The van der Waals surface area contributed by atoms with Crippen LogP contribution < -0.4 is 10.4 Å². The Morgan fingerprint density at radius 1 is 0.500 bits per heavy atom. The summed E-state index contributed by atoms with van der Waals surface area (Å²) in [6, 6.07) is 9.16. The molecule has 0 N–H and O–H groups in total. The largest absolute Gasteiger partial charge is 0.0776 e. The van der Waals surface area contributed by atoms with E-state index in [9.17, 15) is 0 Å². The molecule has 0 aliphatic carbocycles. The summed E-state index contributed by atoms with van der Waals surface area (Å²) >= 11 is 15.3. The molecule has 0 saturated heterocycles. The molecule has 0 aliphatic rings. The second-order valence-electron chi connectivity index (χ2n) is 8.13. The van der Waals surface area contributed by atoms with Crippen LogP contribution in [0.5, 0.6) is 0 Å². The lowest BCUT2D eigenvalue weighted by molar-refractivity contribution is 1.51. The van der Waals surface area contributed by atoms with Crippen molar-refractivity contribution >= 4 is 90.2 Å². The van der Waals surface area contributed by atoms with E-state index in [1.165, 1.54) is 21.5 Å². The number of hydrogen-bond donors (Lipinski definition) is 0. The Morgan fingerprint density at radius 2 is 0.708 bits per heavy atom. The molecule has 0 atom stereocenters. The van der Waals surface area contributed by atoms with Crippen LogP contribution in [0.15, 0.2) is 42.2 Å². The molecular weight excluding hydrogens is 592 g/mol. The molecule has 0 heterocycles. The SMILES string of the molecule is C[Si](C)(C)c1cc(Br)c(-c2c(Br)cc([Si](C)(C)C)cc2Br)c(Br)c1. The fourth-order valence-electron chi connectivity index (χ4n) is 2.49. The summed E-state index contributed by atoms with van der Waals surface area (Å²) in [5.41, 5.74) is 2.38. The summed E-state index contributed by atoms with van der Waals surface area (Å²) in [4.78, 5) is 0. The van der Waals surface area contributed by atoms with Gasteiger partial charge in [-0.15, -0.1) is 0 Å². The van der Waals surface area contributed by atoms with E-state index in [1.54, 1.807) is 0 Å². The van der Waals surface area contributed by atoms with E-state index < -0.39 is 16.1 Å². The van der Waals surface area contributed by atoms with E-state index in [0.29, 0.717) is 0 Å². The normalized spacial score (nSPS) is 12.6. The predicted octanol–water partition coefficient (Wildman–Crippen LogP) is 7.49. The molecule has 0 nitrogen and oxygen atoms in total. The molecule has 0 aromatic heterocycles. The van der Waals surface area contributed by atoms with Gasteiger partial charge in [0.25, 0.3) is 0 Å². The van der Waals surface area contributed by atoms with Gasteiger partial charge >= 0.3 is 0 Å². The average molecular weight is 614 g/mol. The second kappa shape index (κ2) is 7.43. The van der Waals surface area contributed by atoms with Crippen LogP contribution in [0.1, 0.15) is 0 Å². The van der Waals surface area contributed by atoms with E-state index in [4.69, 9.17) is 0 Å². The molecule has 0 spiro atoms. The van der Waals surface area contributed by atoms with Crippen molar-refractivity contribution in [3.05, 3.63) is 42.2 Å². The average Bonchev–Trinajstić information content (AvgIpc) is 2.38. The minimum atomic E-state index is -1.36. The van der Waals surface area contributed by atoms with E-state index in [1.807, 2.05) is 0 Å². The first-order valence-electron chi connectivity index (χ1n) is 7.82. The monoisotopic (exact) mass is 610 g/mol. The Hall–Kier alpha value is 0.794. The standard InChI is InChI=1S/C18H22Br4Si2/c1-23(2,3)11-7-13(19)17(14(20)8-11)18-15(21)9-12(10-16(18)22)24(4,5)6/h7-10H,1-6H3. The number of benzene rings is 2. The highest BCUT2D eigenvalue weighted by Gasteiger charge is 2.24. The first-order chi connectivity index (χ1) is 10.8. The van der Waals surface area contributed by atoms with E-state index in [-0.39, 0.29) is 0 Å². The van der Waals surface area contributed by atoms with E-state index >= 15 is 0 Å². The molecule has 130 valence electrons.